The van der Waals surface area contributed by atoms with E-state index in [4.69, 9.17) is 4.74 Å². The smallest absolute Gasteiger partial charge is 0.319 e. The van der Waals surface area contributed by atoms with E-state index >= 15 is 0 Å². The molecule has 23 heavy (non-hydrogen) atoms. The van der Waals surface area contributed by atoms with Crippen molar-refractivity contribution in [3.63, 3.8) is 0 Å². The summed E-state index contributed by atoms with van der Waals surface area (Å²) in [6.45, 7) is 7.11. The van der Waals surface area contributed by atoms with Crippen LogP contribution in [0.1, 0.15) is 25.5 Å². The molecule has 2 rings (SSSR count). The van der Waals surface area contributed by atoms with Crippen LogP contribution in [-0.2, 0) is 9.53 Å². The Balaban J connectivity index is 2.40. The Morgan fingerprint density at radius 3 is 2.74 bits per heavy atom. The van der Waals surface area contributed by atoms with Crippen molar-refractivity contribution in [1.82, 2.24) is 10.6 Å². The van der Waals surface area contributed by atoms with Crippen LogP contribution in [-0.4, -0.2) is 23.0 Å². The first-order chi connectivity index (χ1) is 10.8. The first kappa shape index (κ1) is 16.5. The number of ether oxygens (including phenoxy) is 1. The number of nitrogens with one attached hydrogen (secondary N) is 2. The summed E-state index contributed by atoms with van der Waals surface area (Å²) in [5.41, 5.74) is 0.494. The number of carbonyl (C=O) groups is 2. The van der Waals surface area contributed by atoms with Gasteiger partial charge in [-0.1, -0.05) is 18.7 Å². The number of benzene rings is 1. The average Bonchev–Trinajstić information content (AvgIpc) is 2.45. The average molecular weight is 319 g/mol. The molecule has 0 aromatic heterocycles. The number of esters is 1. The summed E-state index contributed by atoms with van der Waals surface area (Å²) in [6, 6.07) is 4.44. The maximum atomic E-state index is 12.3. The highest BCUT2D eigenvalue weighted by Crippen LogP contribution is 2.32. The number of nitrogens with zero attached hydrogens (tertiary/aromatic N) is 1. The standard InChI is InChI=1S/C15H17N3O5/c1-8(2)23-14(19)12-9(3)16-15(20)17-13(12)10-5-4-6-11(7-10)18(21)22/h4-8,12-13H,3H2,1-2H3,(H2,16,17,20). The molecule has 122 valence electrons. The van der Waals surface area contributed by atoms with Crippen LogP contribution >= 0.6 is 0 Å². The first-order valence-electron chi connectivity index (χ1n) is 7.00. The molecule has 0 spiro atoms. The van der Waals surface area contributed by atoms with Gasteiger partial charge in [0, 0.05) is 17.8 Å². The normalized spacial score (nSPS) is 20.7. The van der Waals surface area contributed by atoms with Gasteiger partial charge in [0.2, 0.25) is 0 Å². The minimum Gasteiger partial charge on any atom is -0.462 e. The molecule has 1 fully saturated rings. The van der Waals surface area contributed by atoms with Crippen LogP contribution in [0.4, 0.5) is 10.5 Å². The molecule has 1 aliphatic heterocycles. The summed E-state index contributed by atoms with van der Waals surface area (Å²) in [4.78, 5) is 34.4. The Labute approximate surface area is 132 Å². The van der Waals surface area contributed by atoms with E-state index in [0.29, 0.717) is 5.56 Å². The van der Waals surface area contributed by atoms with Crippen molar-refractivity contribution in [1.29, 1.82) is 0 Å². The number of urea groups is 1. The minimum absolute atomic E-state index is 0.128. The molecule has 2 amide bonds. The lowest BCUT2D eigenvalue weighted by molar-refractivity contribution is -0.384. The third-order valence-electron chi connectivity index (χ3n) is 3.32. The van der Waals surface area contributed by atoms with Crippen LogP contribution < -0.4 is 10.6 Å². The van der Waals surface area contributed by atoms with E-state index in [2.05, 4.69) is 17.2 Å². The van der Waals surface area contributed by atoms with Gasteiger partial charge >= 0.3 is 12.0 Å². The Morgan fingerprint density at radius 2 is 2.13 bits per heavy atom. The fraction of sp³-hybridized carbons (Fsp3) is 0.333. The van der Waals surface area contributed by atoms with E-state index in [1.165, 1.54) is 18.2 Å². The molecule has 1 heterocycles. The van der Waals surface area contributed by atoms with Gasteiger partial charge in [-0.05, 0) is 19.4 Å². The Kier molecular flexibility index (Phi) is 4.63. The van der Waals surface area contributed by atoms with Crippen LogP contribution in [0, 0.1) is 16.0 Å². The lowest BCUT2D eigenvalue weighted by Crippen LogP contribution is -2.51. The lowest BCUT2D eigenvalue weighted by Gasteiger charge is -2.33. The predicted octanol–water partition coefficient (Wildman–Crippen LogP) is 2.03. The highest BCUT2D eigenvalue weighted by Gasteiger charge is 2.39. The van der Waals surface area contributed by atoms with Crippen molar-refractivity contribution in [3.8, 4) is 0 Å². The number of hydrogen-bond donors (Lipinski definition) is 2. The molecule has 0 saturated carbocycles. The van der Waals surface area contributed by atoms with E-state index in [1.54, 1.807) is 19.9 Å². The van der Waals surface area contributed by atoms with Crippen molar-refractivity contribution in [2.24, 2.45) is 5.92 Å². The molecule has 0 aliphatic carbocycles. The second-order valence-corrected chi connectivity index (χ2v) is 5.42. The van der Waals surface area contributed by atoms with Gasteiger partial charge in [-0.3, -0.25) is 14.9 Å². The fourth-order valence-electron chi connectivity index (χ4n) is 2.38. The van der Waals surface area contributed by atoms with Gasteiger partial charge in [-0.2, -0.15) is 0 Å². The first-order valence-corrected chi connectivity index (χ1v) is 7.00. The van der Waals surface area contributed by atoms with Crippen LogP contribution in [0.25, 0.3) is 0 Å². The molecular weight excluding hydrogens is 302 g/mol. The van der Waals surface area contributed by atoms with Gasteiger partial charge in [0.1, 0.15) is 5.92 Å². The van der Waals surface area contributed by atoms with Crippen molar-refractivity contribution < 1.29 is 19.2 Å². The molecule has 2 N–H and O–H groups in total. The van der Waals surface area contributed by atoms with E-state index in [1.807, 2.05) is 0 Å². The number of amides is 2. The largest absolute Gasteiger partial charge is 0.462 e. The monoisotopic (exact) mass is 319 g/mol. The van der Waals surface area contributed by atoms with Gasteiger partial charge < -0.3 is 15.4 Å². The van der Waals surface area contributed by atoms with Gasteiger partial charge in [0.15, 0.2) is 0 Å². The molecule has 8 heteroatoms. The topological polar surface area (TPSA) is 111 Å². The molecule has 0 radical (unpaired) electrons. The van der Waals surface area contributed by atoms with Crippen molar-refractivity contribution in [2.45, 2.75) is 26.0 Å². The molecule has 8 nitrogen and oxygen atoms in total. The molecule has 2 atom stereocenters. The molecule has 1 aromatic rings. The number of nitro benzene ring substituents is 1. The van der Waals surface area contributed by atoms with Crippen LogP contribution in [0.2, 0.25) is 0 Å². The maximum absolute atomic E-state index is 12.3. The second kappa shape index (κ2) is 6.47. The quantitative estimate of drug-likeness (QED) is 0.501. The van der Waals surface area contributed by atoms with Crippen molar-refractivity contribution in [2.75, 3.05) is 0 Å². The van der Waals surface area contributed by atoms with Crippen molar-refractivity contribution in [3.05, 3.63) is 52.2 Å². The third-order valence-corrected chi connectivity index (χ3v) is 3.32. The summed E-state index contributed by atoms with van der Waals surface area (Å²) >= 11 is 0. The van der Waals surface area contributed by atoms with E-state index in [9.17, 15) is 19.7 Å². The van der Waals surface area contributed by atoms with Crippen molar-refractivity contribution >= 4 is 17.7 Å². The van der Waals surface area contributed by atoms with Crippen LogP contribution in [0.3, 0.4) is 0 Å². The zero-order valence-electron chi connectivity index (χ0n) is 12.7. The van der Waals surface area contributed by atoms with E-state index < -0.39 is 28.9 Å². The molecular formula is C15H17N3O5. The Morgan fingerprint density at radius 1 is 1.43 bits per heavy atom. The maximum Gasteiger partial charge on any atom is 0.319 e. The Bertz CT molecular complexity index is 671. The number of non-ortho nitro benzene ring substituents is 1. The highest BCUT2D eigenvalue weighted by molar-refractivity contribution is 5.85. The van der Waals surface area contributed by atoms with Gasteiger partial charge in [0.25, 0.3) is 5.69 Å². The molecule has 1 aromatic carbocycles. The zero-order valence-corrected chi connectivity index (χ0v) is 12.7. The third kappa shape index (κ3) is 3.65. The predicted molar refractivity (Wildman–Crippen MR) is 81.4 cm³/mol. The van der Waals surface area contributed by atoms with Gasteiger partial charge in [-0.25, -0.2) is 4.79 Å². The summed E-state index contributed by atoms with van der Waals surface area (Å²) in [6.07, 6.45) is -0.335. The Hall–Kier alpha value is -2.90. The van der Waals surface area contributed by atoms with Crippen LogP contribution in [0.15, 0.2) is 36.5 Å². The number of rotatable bonds is 4. The number of carbonyl (C=O) groups excluding carboxylic acids is 2. The lowest BCUT2D eigenvalue weighted by atomic mass is 9.89. The second-order valence-electron chi connectivity index (χ2n) is 5.42. The summed E-state index contributed by atoms with van der Waals surface area (Å²) in [7, 11) is 0. The summed E-state index contributed by atoms with van der Waals surface area (Å²) in [5.74, 6) is -1.44. The minimum atomic E-state index is -0.878. The summed E-state index contributed by atoms with van der Waals surface area (Å²) < 4.78 is 5.20. The number of hydrogen-bond acceptors (Lipinski definition) is 5. The fourth-order valence-corrected chi connectivity index (χ4v) is 2.38. The molecule has 1 aliphatic rings. The van der Waals surface area contributed by atoms with E-state index in [-0.39, 0.29) is 17.5 Å². The molecule has 2 unspecified atom stereocenters. The molecule has 0 bridgehead atoms. The van der Waals surface area contributed by atoms with E-state index in [0.717, 1.165) is 0 Å². The van der Waals surface area contributed by atoms with Crippen LogP contribution in [0.5, 0.6) is 0 Å². The zero-order chi connectivity index (χ0) is 17.1. The van der Waals surface area contributed by atoms with Gasteiger partial charge in [0.05, 0.1) is 17.1 Å². The summed E-state index contributed by atoms with van der Waals surface area (Å²) in [5, 5.41) is 16.0. The number of nitro groups is 1. The van der Waals surface area contributed by atoms with Gasteiger partial charge in [-0.15, -0.1) is 0 Å². The SMILES string of the molecule is C=C1NC(=O)NC(c2cccc([N+](=O)[O-])c2)C1C(=O)OC(C)C. The highest BCUT2D eigenvalue weighted by atomic mass is 16.6. The molecule has 1 saturated heterocycles.